The van der Waals surface area contributed by atoms with Gasteiger partial charge >= 0.3 is 0 Å². The molecule has 0 aliphatic heterocycles. The summed E-state index contributed by atoms with van der Waals surface area (Å²) in [6.07, 6.45) is 0.994. The van der Waals surface area contributed by atoms with E-state index in [0.717, 1.165) is 17.5 Å². The number of methoxy groups -OCH3 is 1. The Morgan fingerprint density at radius 3 is 2.56 bits per heavy atom. The number of carbonyl (C=O) groups excluding carboxylic acids is 1. The van der Waals surface area contributed by atoms with Crippen LogP contribution in [-0.4, -0.2) is 13.0 Å². The van der Waals surface area contributed by atoms with E-state index in [4.69, 9.17) is 9.47 Å². The van der Waals surface area contributed by atoms with Gasteiger partial charge < -0.3 is 14.8 Å². The van der Waals surface area contributed by atoms with Crippen LogP contribution in [0.1, 0.15) is 37.4 Å². The maximum absolute atomic E-state index is 12.1. The third-order valence-corrected chi connectivity index (χ3v) is 4.73. The summed E-state index contributed by atoms with van der Waals surface area (Å²) >= 11 is 0. The van der Waals surface area contributed by atoms with Gasteiger partial charge in [-0.05, 0) is 42.5 Å². The van der Waals surface area contributed by atoms with E-state index < -0.39 is 0 Å². The van der Waals surface area contributed by atoms with Crippen molar-refractivity contribution in [1.29, 1.82) is 0 Å². The molecule has 0 aromatic heterocycles. The molecule has 1 aliphatic carbocycles. The first kappa shape index (κ1) is 17.3. The molecule has 4 nitrogen and oxygen atoms in total. The van der Waals surface area contributed by atoms with Crippen molar-refractivity contribution in [2.45, 2.75) is 32.9 Å². The van der Waals surface area contributed by atoms with Crippen LogP contribution in [0.25, 0.3) is 0 Å². The number of benzene rings is 2. The summed E-state index contributed by atoms with van der Waals surface area (Å²) in [5.41, 5.74) is 2.11. The van der Waals surface area contributed by atoms with E-state index in [1.54, 1.807) is 7.11 Å². The molecule has 1 amide bonds. The third-order valence-electron chi connectivity index (χ3n) is 4.73. The fraction of sp³-hybridized carbons (Fsp3) is 0.381. The molecule has 0 spiro atoms. The lowest BCUT2D eigenvalue weighted by Gasteiger charge is -2.17. The van der Waals surface area contributed by atoms with Crippen molar-refractivity contribution in [2.75, 3.05) is 7.11 Å². The van der Waals surface area contributed by atoms with Crippen molar-refractivity contribution in [3.63, 3.8) is 0 Å². The second-order valence-electron chi connectivity index (χ2n) is 6.73. The molecule has 25 heavy (non-hydrogen) atoms. The Hall–Kier alpha value is -2.49. The highest BCUT2D eigenvalue weighted by molar-refractivity contribution is 5.81. The van der Waals surface area contributed by atoms with Crippen LogP contribution in [-0.2, 0) is 11.4 Å². The Balaban J connectivity index is 1.65. The summed E-state index contributed by atoms with van der Waals surface area (Å²) in [6, 6.07) is 15.8. The van der Waals surface area contributed by atoms with Crippen LogP contribution in [0.4, 0.5) is 0 Å². The average molecular weight is 339 g/mol. The highest BCUT2D eigenvalue weighted by Crippen LogP contribution is 2.38. The van der Waals surface area contributed by atoms with Gasteiger partial charge in [-0.3, -0.25) is 4.79 Å². The minimum Gasteiger partial charge on any atom is -0.493 e. The van der Waals surface area contributed by atoms with Gasteiger partial charge in [0.25, 0.3) is 0 Å². The first-order valence-electron chi connectivity index (χ1n) is 8.73. The molecule has 132 valence electrons. The van der Waals surface area contributed by atoms with E-state index in [0.29, 0.717) is 24.0 Å². The predicted molar refractivity (Wildman–Crippen MR) is 97.6 cm³/mol. The minimum absolute atomic E-state index is 0.0580. The number of rotatable bonds is 7. The van der Waals surface area contributed by atoms with E-state index >= 15 is 0 Å². The molecule has 2 aromatic carbocycles. The lowest BCUT2D eigenvalue weighted by atomic mass is 10.1. The summed E-state index contributed by atoms with van der Waals surface area (Å²) in [6.45, 7) is 4.59. The van der Waals surface area contributed by atoms with E-state index in [1.807, 2.05) is 55.5 Å². The molecule has 1 fully saturated rings. The number of hydrogen-bond acceptors (Lipinski definition) is 3. The topological polar surface area (TPSA) is 47.6 Å². The Kier molecular flexibility index (Phi) is 5.27. The van der Waals surface area contributed by atoms with Gasteiger partial charge in [-0.1, -0.05) is 43.3 Å². The van der Waals surface area contributed by atoms with E-state index in [1.165, 1.54) is 0 Å². The number of carbonyl (C=O) groups is 1. The van der Waals surface area contributed by atoms with Gasteiger partial charge in [0.1, 0.15) is 6.61 Å². The smallest absolute Gasteiger partial charge is 0.223 e. The second-order valence-corrected chi connectivity index (χ2v) is 6.73. The van der Waals surface area contributed by atoms with Crippen LogP contribution in [0.3, 0.4) is 0 Å². The Labute approximate surface area is 149 Å². The van der Waals surface area contributed by atoms with Gasteiger partial charge in [0.05, 0.1) is 13.2 Å². The van der Waals surface area contributed by atoms with Gasteiger partial charge in [0.2, 0.25) is 5.91 Å². The summed E-state index contributed by atoms with van der Waals surface area (Å²) < 4.78 is 11.3. The standard InChI is InChI=1S/C21H25NO3/c1-14-11-18(14)21(23)22-15(2)17-9-10-19(20(12-17)24-3)25-13-16-7-5-4-6-8-16/h4-10,12,14-15,18H,11,13H2,1-3H3,(H,22,23)/t14-,15-,18+/m0/s1. The van der Waals surface area contributed by atoms with Gasteiger partial charge in [0, 0.05) is 5.92 Å². The van der Waals surface area contributed by atoms with Crippen LogP contribution in [0.2, 0.25) is 0 Å². The van der Waals surface area contributed by atoms with Crippen LogP contribution in [0, 0.1) is 11.8 Å². The SMILES string of the molecule is COc1cc([C@H](C)NC(=O)[C@@H]2C[C@@H]2C)ccc1OCc1ccccc1. The van der Waals surface area contributed by atoms with Crippen molar-refractivity contribution in [1.82, 2.24) is 5.32 Å². The maximum atomic E-state index is 12.1. The predicted octanol–water partition coefficient (Wildman–Crippen LogP) is 4.11. The molecular formula is C21H25NO3. The number of ether oxygens (including phenoxy) is 2. The first-order chi connectivity index (χ1) is 12.1. The number of amides is 1. The van der Waals surface area contributed by atoms with Crippen LogP contribution in [0.15, 0.2) is 48.5 Å². The highest BCUT2D eigenvalue weighted by Gasteiger charge is 2.39. The fourth-order valence-corrected chi connectivity index (χ4v) is 2.90. The summed E-state index contributed by atoms with van der Waals surface area (Å²) in [5, 5.41) is 3.08. The molecule has 3 atom stereocenters. The molecule has 1 aliphatic rings. The van der Waals surface area contributed by atoms with Gasteiger partial charge in [0.15, 0.2) is 11.5 Å². The first-order valence-corrected chi connectivity index (χ1v) is 8.73. The van der Waals surface area contributed by atoms with E-state index in [-0.39, 0.29) is 17.9 Å². The van der Waals surface area contributed by atoms with Crippen molar-refractivity contribution < 1.29 is 14.3 Å². The van der Waals surface area contributed by atoms with Gasteiger partial charge in [-0.15, -0.1) is 0 Å². The number of nitrogens with one attached hydrogen (secondary N) is 1. The Morgan fingerprint density at radius 2 is 1.92 bits per heavy atom. The zero-order chi connectivity index (χ0) is 17.8. The van der Waals surface area contributed by atoms with Crippen molar-refractivity contribution in [3.05, 3.63) is 59.7 Å². The molecule has 0 unspecified atom stereocenters. The molecule has 1 N–H and O–H groups in total. The minimum atomic E-state index is -0.0580. The van der Waals surface area contributed by atoms with E-state index in [9.17, 15) is 4.79 Å². The largest absolute Gasteiger partial charge is 0.493 e. The molecule has 0 radical (unpaired) electrons. The summed E-state index contributed by atoms with van der Waals surface area (Å²) in [5.74, 6) is 2.20. The van der Waals surface area contributed by atoms with Crippen LogP contribution in [0.5, 0.6) is 11.5 Å². The lowest BCUT2D eigenvalue weighted by Crippen LogP contribution is -2.28. The number of hydrogen-bond donors (Lipinski definition) is 1. The third kappa shape index (κ3) is 4.32. The monoisotopic (exact) mass is 339 g/mol. The molecular weight excluding hydrogens is 314 g/mol. The molecule has 3 rings (SSSR count). The Bertz CT molecular complexity index is 729. The van der Waals surface area contributed by atoms with Crippen LogP contribution >= 0.6 is 0 Å². The molecule has 2 aromatic rings. The summed E-state index contributed by atoms with van der Waals surface area (Å²) in [4.78, 5) is 12.1. The average Bonchev–Trinajstić information content (AvgIpc) is 3.37. The van der Waals surface area contributed by atoms with Crippen molar-refractivity contribution in [3.8, 4) is 11.5 Å². The normalized spacial score (nSPS) is 19.8. The second kappa shape index (κ2) is 7.60. The molecule has 0 saturated heterocycles. The molecule has 0 heterocycles. The lowest BCUT2D eigenvalue weighted by molar-refractivity contribution is -0.123. The van der Waals surface area contributed by atoms with E-state index in [2.05, 4.69) is 12.2 Å². The van der Waals surface area contributed by atoms with Crippen LogP contribution < -0.4 is 14.8 Å². The zero-order valence-corrected chi connectivity index (χ0v) is 15.0. The highest BCUT2D eigenvalue weighted by atomic mass is 16.5. The van der Waals surface area contributed by atoms with Gasteiger partial charge in [-0.25, -0.2) is 0 Å². The van der Waals surface area contributed by atoms with Crippen molar-refractivity contribution >= 4 is 5.91 Å². The fourth-order valence-electron chi connectivity index (χ4n) is 2.90. The van der Waals surface area contributed by atoms with Crippen molar-refractivity contribution in [2.24, 2.45) is 11.8 Å². The Morgan fingerprint density at radius 1 is 1.20 bits per heavy atom. The quantitative estimate of drug-likeness (QED) is 0.826. The molecule has 1 saturated carbocycles. The summed E-state index contributed by atoms with van der Waals surface area (Å²) in [7, 11) is 1.63. The zero-order valence-electron chi connectivity index (χ0n) is 15.0. The maximum Gasteiger partial charge on any atom is 0.223 e. The van der Waals surface area contributed by atoms with Gasteiger partial charge in [-0.2, -0.15) is 0 Å². The molecule has 0 bridgehead atoms. The molecule has 4 heteroatoms.